The van der Waals surface area contributed by atoms with Gasteiger partial charge < -0.3 is 14.2 Å². The molecular formula is C19H26BF2NO3. The average molecular weight is 365 g/mol. The fourth-order valence-electron chi connectivity index (χ4n) is 3.46. The Morgan fingerprint density at radius 2 is 1.77 bits per heavy atom. The molecule has 4 nitrogen and oxygen atoms in total. The topological polar surface area (TPSA) is 38.8 Å². The molecule has 0 saturated carbocycles. The molecule has 7 heteroatoms. The predicted octanol–water partition coefficient (Wildman–Crippen LogP) is 3.28. The molecule has 0 aliphatic carbocycles. The summed E-state index contributed by atoms with van der Waals surface area (Å²) in [6, 6.07) is 2.38. The number of piperidine rings is 1. The Kier molecular flexibility index (Phi) is 4.90. The van der Waals surface area contributed by atoms with Crippen LogP contribution >= 0.6 is 0 Å². The number of hydrogen-bond acceptors (Lipinski definition) is 3. The molecule has 2 heterocycles. The highest BCUT2D eigenvalue weighted by atomic mass is 19.1. The molecule has 0 N–H and O–H groups in total. The Bertz CT molecular complexity index is 707. The lowest BCUT2D eigenvalue weighted by molar-refractivity contribution is 0.00578. The quantitative estimate of drug-likeness (QED) is 0.755. The summed E-state index contributed by atoms with van der Waals surface area (Å²) in [7, 11) is -0.981. The van der Waals surface area contributed by atoms with Crippen LogP contribution in [0.15, 0.2) is 12.1 Å². The van der Waals surface area contributed by atoms with Crippen LogP contribution in [-0.4, -0.2) is 41.7 Å². The molecule has 1 amide bonds. The summed E-state index contributed by atoms with van der Waals surface area (Å²) in [4.78, 5) is 14.4. The van der Waals surface area contributed by atoms with Gasteiger partial charge in [0, 0.05) is 18.0 Å². The van der Waals surface area contributed by atoms with Crippen molar-refractivity contribution in [2.24, 2.45) is 0 Å². The maximum Gasteiger partial charge on any atom is 0.497 e. The van der Waals surface area contributed by atoms with E-state index in [4.69, 9.17) is 9.31 Å². The van der Waals surface area contributed by atoms with Crippen molar-refractivity contribution >= 4 is 18.5 Å². The first-order chi connectivity index (χ1) is 12.0. The average Bonchev–Trinajstić information content (AvgIpc) is 2.75. The number of nitrogens with zero attached hydrogens (tertiary/aromatic N) is 1. The number of benzene rings is 1. The van der Waals surface area contributed by atoms with Gasteiger partial charge in [-0.3, -0.25) is 4.79 Å². The number of amides is 1. The van der Waals surface area contributed by atoms with Crippen molar-refractivity contribution in [1.29, 1.82) is 0 Å². The molecule has 0 radical (unpaired) electrons. The van der Waals surface area contributed by atoms with Gasteiger partial charge in [0.15, 0.2) is 0 Å². The third-order valence-electron chi connectivity index (χ3n) is 5.91. The minimum absolute atomic E-state index is 0.0319. The molecule has 2 aliphatic heterocycles. The maximum atomic E-state index is 15.2. The summed E-state index contributed by atoms with van der Waals surface area (Å²) >= 11 is 0. The molecule has 2 saturated heterocycles. The molecule has 1 atom stereocenters. The zero-order valence-electron chi connectivity index (χ0n) is 16.1. The highest BCUT2D eigenvalue weighted by Gasteiger charge is 2.52. The predicted molar refractivity (Wildman–Crippen MR) is 96.4 cm³/mol. The van der Waals surface area contributed by atoms with Gasteiger partial charge in [0.2, 0.25) is 0 Å². The first-order valence-electron chi connectivity index (χ1n) is 9.19. The largest absolute Gasteiger partial charge is 0.497 e. The molecule has 1 aromatic rings. The van der Waals surface area contributed by atoms with E-state index in [0.29, 0.717) is 6.54 Å². The van der Waals surface area contributed by atoms with Gasteiger partial charge in [-0.1, -0.05) is 6.07 Å². The van der Waals surface area contributed by atoms with E-state index in [-0.39, 0.29) is 11.5 Å². The second kappa shape index (κ2) is 6.61. The van der Waals surface area contributed by atoms with Gasteiger partial charge in [-0.05, 0) is 59.9 Å². The van der Waals surface area contributed by atoms with Crippen LogP contribution in [0.1, 0.15) is 64.2 Å². The number of hydrogen-bond donors (Lipinski definition) is 0. The minimum atomic E-state index is -0.981. The van der Waals surface area contributed by atoms with E-state index in [1.807, 2.05) is 34.6 Å². The first kappa shape index (κ1) is 19.3. The number of likely N-dealkylation sites (tertiary alicyclic amines) is 1. The Morgan fingerprint density at radius 3 is 2.35 bits per heavy atom. The highest BCUT2D eigenvalue weighted by molar-refractivity contribution is 6.62. The third-order valence-corrected chi connectivity index (χ3v) is 5.91. The smallest absolute Gasteiger partial charge is 0.399 e. The van der Waals surface area contributed by atoms with Gasteiger partial charge in [0.1, 0.15) is 17.2 Å². The third kappa shape index (κ3) is 3.16. The SMILES string of the molecule is CC1CCCCN1C(=O)c1c(F)ccc(B2OC(C)(C)C(C)(C)O2)c1F. The van der Waals surface area contributed by atoms with Crippen LogP contribution in [-0.2, 0) is 9.31 Å². The standard InChI is InChI=1S/C19H26BF2NO3/c1-12-8-6-7-11-23(12)17(24)15-14(21)10-9-13(16(15)22)20-25-18(2,3)19(4,5)26-20/h9-10,12H,6-8,11H2,1-5H3. The Hall–Kier alpha value is -1.47. The summed E-state index contributed by atoms with van der Waals surface area (Å²) in [5, 5.41) is 0. The fraction of sp³-hybridized carbons (Fsp3) is 0.632. The summed E-state index contributed by atoms with van der Waals surface area (Å²) in [5.41, 5.74) is -1.77. The summed E-state index contributed by atoms with van der Waals surface area (Å²) in [6.45, 7) is 9.85. The molecule has 2 aliphatic rings. The van der Waals surface area contributed by atoms with Gasteiger partial charge in [0.05, 0.1) is 11.2 Å². The zero-order chi connectivity index (χ0) is 19.3. The molecule has 3 rings (SSSR count). The van der Waals surface area contributed by atoms with E-state index in [0.717, 1.165) is 25.3 Å². The second-order valence-corrected chi connectivity index (χ2v) is 8.26. The van der Waals surface area contributed by atoms with Crippen molar-refractivity contribution in [2.45, 2.75) is 71.1 Å². The van der Waals surface area contributed by atoms with Crippen LogP contribution < -0.4 is 5.46 Å². The lowest BCUT2D eigenvalue weighted by atomic mass is 9.77. The van der Waals surface area contributed by atoms with Crippen LogP contribution in [0.25, 0.3) is 0 Å². The molecule has 0 spiro atoms. The lowest BCUT2D eigenvalue weighted by Gasteiger charge is -2.33. The Balaban J connectivity index is 1.96. The van der Waals surface area contributed by atoms with Crippen molar-refractivity contribution in [2.75, 3.05) is 6.54 Å². The monoisotopic (exact) mass is 365 g/mol. The normalized spacial score (nSPS) is 24.8. The van der Waals surface area contributed by atoms with Crippen molar-refractivity contribution < 1.29 is 22.9 Å². The van der Waals surface area contributed by atoms with E-state index in [1.165, 1.54) is 6.07 Å². The lowest BCUT2D eigenvalue weighted by Crippen LogP contribution is -2.44. The molecular weight excluding hydrogens is 339 g/mol. The summed E-state index contributed by atoms with van der Waals surface area (Å²) < 4.78 is 41.3. The van der Waals surface area contributed by atoms with Crippen LogP contribution in [0.4, 0.5) is 8.78 Å². The Morgan fingerprint density at radius 1 is 1.15 bits per heavy atom. The number of carbonyl (C=O) groups excluding carboxylic acids is 1. The van der Waals surface area contributed by atoms with Gasteiger partial charge >= 0.3 is 7.12 Å². The second-order valence-electron chi connectivity index (χ2n) is 8.26. The molecule has 2 fully saturated rings. The fourth-order valence-corrected chi connectivity index (χ4v) is 3.46. The number of rotatable bonds is 2. The highest BCUT2D eigenvalue weighted by Crippen LogP contribution is 2.37. The molecule has 1 aromatic carbocycles. The van der Waals surface area contributed by atoms with Crippen LogP contribution in [0, 0.1) is 11.6 Å². The van der Waals surface area contributed by atoms with Gasteiger partial charge in [-0.2, -0.15) is 0 Å². The molecule has 142 valence electrons. The molecule has 0 bridgehead atoms. The maximum absolute atomic E-state index is 15.2. The first-order valence-corrected chi connectivity index (χ1v) is 9.19. The van der Waals surface area contributed by atoms with Crippen LogP contribution in [0.5, 0.6) is 0 Å². The van der Waals surface area contributed by atoms with E-state index < -0.39 is 41.4 Å². The molecule has 0 aromatic heterocycles. The van der Waals surface area contributed by atoms with Crippen LogP contribution in [0.2, 0.25) is 0 Å². The van der Waals surface area contributed by atoms with Crippen molar-refractivity contribution in [3.63, 3.8) is 0 Å². The van der Waals surface area contributed by atoms with E-state index in [2.05, 4.69) is 0 Å². The van der Waals surface area contributed by atoms with E-state index in [9.17, 15) is 9.18 Å². The van der Waals surface area contributed by atoms with E-state index in [1.54, 1.807) is 4.90 Å². The van der Waals surface area contributed by atoms with E-state index >= 15 is 4.39 Å². The van der Waals surface area contributed by atoms with Crippen molar-refractivity contribution in [3.05, 3.63) is 29.3 Å². The van der Waals surface area contributed by atoms with Crippen molar-refractivity contribution in [3.8, 4) is 0 Å². The summed E-state index contributed by atoms with van der Waals surface area (Å²) in [5.74, 6) is -2.36. The molecule has 26 heavy (non-hydrogen) atoms. The number of halogens is 2. The Labute approximate surface area is 154 Å². The zero-order valence-corrected chi connectivity index (χ0v) is 16.1. The number of carbonyl (C=O) groups is 1. The van der Waals surface area contributed by atoms with Gasteiger partial charge in [-0.25, -0.2) is 8.78 Å². The van der Waals surface area contributed by atoms with Crippen molar-refractivity contribution in [1.82, 2.24) is 4.90 Å². The van der Waals surface area contributed by atoms with Gasteiger partial charge in [0.25, 0.3) is 5.91 Å². The molecule has 1 unspecified atom stereocenters. The van der Waals surface area contributed by atoms with Crippen LogP contribution in [0.3, 0.4) is 0 Å². The summed E-state index contributed by atoms with van der Waals surface area (Å²) in [6.07, 6.45) is 2.70. The minimum Gasteiger partial charge on any atom is -0.399 e. The van der Waals surface area contributed by atoms with Gasteiger partial charge in [-0.15, -0.1) is 0 Å².